The Morgan fingerprint density at radius 1 is 1.21 bits per heavy atom. The first kappa shape index (κ1) is 17.3. The van der Waals surface area contributed by atoms with Crippen molar-refractivity contribution in [1.29, 1.82) is 0 Å². The number of benzene rings is 1. The van der Waals surface area contributed by atoms with E-state index in [-0.39, 0.29) is 23.9 Å². The van der Waals surface area contributed by atoms with Gasteiger partial charge in [0.05, 0.1) is 18.6 Å². The molecule has 1 amide bonds. The third kappa shape index (κ3) is 3.59. The molecular formula is C20H30N2O2. The molecule has 0 radical (unpaired) electrons. The number of amides is 1. The molecule has 3 N–H and O–H groups in total. The number of carbonyl (C=O) groups is 1. The summed E-state index contributed by atoms with van der Waals surface area (Å²) >= 11 is 0. The van der Waals surface area contributed by atoms with Crippen LogP contribution in [-0.4, -0.2) is 18.6 Å². The summed E-state index contributed by atoms with van der Waals surface area (Å²) in [5, 5.41) is 3.16. The lowest BCUT2D eigenvalue weighted by atomic mass is 9.84. The van der Waals surface area contributed by atoms with Crippen LogP contribution in [0.15, 0.2) is 24.3 Å². The zero-order chi connectivity index (χ0) is 17.3. The third-order valence-corrected chi connectivity index (χ3v) is 5.61. The van der Waals surface area contributed by atoms with E-state index in [1.807, 2.05) is 31.2 Å². The summed E-state index contributed by atoms with van der Waals surface area (Å²) in [6.07, 6.45) is 3.49. The van der Waals surface area contributed by atoms with Crippen LogP contribution in [0.25, 0.3) is 0 Å². The Kier molecular flexibility index (Phi) is 5.14. The molecule has 2 saturated carbocycles. The molecule has 5 unspecified atom stereocenters. The first-order valence-corrected chi connectivity index (χ1v) is 9.24. The van der Waals surface area contributed by atoms with Crippen LogP contribution in [0.4, 0.5) is 0 Å². The van der Waals surface area contributed by atoms with Crippen LogP contribution in [0.1, 0.15) is 51.6 Å². The predicted octanol–water partition coefficient (Wildman–Crippen LogP) is 3.27. The molecule has 4 nitrogen and oxygen atoms in total. The maximum atomic E-state index is 12.7. The zero-order valence-corrected chi connectivity index (χ0v) is 15.0. The van der Waals surface area contributed by atoms with E-state index in [0.29, 0.717) is 24.4 Å². The summed E-state index contributed by atoms with van der Waals surface area (Å²) in [6, 6.07) is 8.04. The molecule has 5 atom stereocenters. The van der Waals surface area contributed by atoms with Crippen LogP contribution in [0.5, 0.6) is 5.75 Å². The van der Waals surface area contributed by atoms with Gasteiger partial charge in [-0.2, -0.15) is 0 Å². The average Bonchev–Trinajstić information content (AvgIpc) is 3.14. The van der Waals surface area contributed by atoms with Gasteiger partial charge in [0.1, 0.15) is 5.75 Å². The average molecular weight is 330 g/mol. The van der Waals surface area contributed by atoms with Crippen molar-refractivity contribution in [2.75, 3.05) is 6.61 Å². The van der Waals surface area contributed by atoms with Crippen molar-refractivity contribution in [2.45, 2.75) is 52.1 Å². The maximum absolute atomic E-state index is 12.7. The number of carbonyl (C=O) groups excluding carboxylic acids is 1. The van der Waals surface area contributed by atoms with Crippen molar-refractivity contribution in [1.82, 2.24) is 5.32 Å². The molecule has 0 aliphatic heterocycles. The molecule has 4 heteroatoms. The van der Waals surface area contributed by atoms with Gasteiger partial charge < -0.3 is 15.8 Å². The lowest BCUT2D eigenvalue weighted by Gasteiger charge is -2.28. The standard InChI is InChI=1S/C20H30N2O2/c1-12(2)11-24-17-8-6-14(7-9-17)13(3)22-20(23)18-15-4-5-16(10-15)19(18)21/h6-9,12-13,15-16,18-19H,4-5,10-11,21H2,1-3H3,(H,22,23). The number of nitrogens with two attached hydrogens (primary N) is 1. The molecule has 3 rings (SSSR count). The number of ether oxygens (including phenoxy) is 1. The maximum Gasteiger partial charge on any atom is 0.225 e. The summed E-state index contributed by atoms with van der Waals surface area (Å²) in [7, 11) is 0. The van der Waals surface area contributed by atoms with Crippen molar-refractivity contribution in [3.8, 4) is 5.75 Å². The van der Waals surface area contributed by atoms with Gasteiger partial charge >= 0.3 is 0 Å². The summed E-state index contributed by atoms with van der Waals surface area (Å²) < 4.78 is 5.71. The lowest BCUT2D eigenvalue weighted by Crippen LogP contribution is -2.45. The molecule has 1 aromatic carbocycles. The minimum atomic E-state index is -0.0111. The molecule has 0 saturated heterocycles. The highest BCUT2D eigenvalue weighted by molar-refractivity contribution is 5.80. The molecule has 2 bridgehead atoms. The van der Waals surface area contributed by atoms with E-state index in [9.17, 15) is 4.79 Å². The number of hydrogen-bond acceptors (Lipinski definition) is 3. The summed E-state index contributed by atoms with van der Waals surface area (Å²) in [4.78, 5) is 12.7. The monoisotopic (exact) mass is 330 g/mol. The Balaban J connectivity index is 1.56. The molecule has 2 aliphatic carbocycles. The van der Waals surface area contributed by atoms with E-state index >= 15 is 0 Å². The van der Waals surface area contributed by atoms with Gasteiger partial charge in [0, 0.05) is 6.04 Å². The van der Waals surface area contributed by atoms with Crippen LogP contribution in [0.2, 0.25) is 0 Å². The topological polar surface area (TPSA) is 64.3 Å². The van der Waals surface area contributed by atoms with E-state index < -0.39 is 0 Å². The quantitative estimate of drug-likeness (QED) is 0.841. The second-order valence-corrected chi connectivity index (χ2v) is 7.94. The van der Waals surface area contributed by atoms with Crippen LogP contribution in [-0.2, 0) is 4.79 Å². The van der Waals surface area contributed by atoms with E-state index in [0.717, 1.165) is 24.2 Å². The fourth-order valence-electron chi connectivity index (χ4n) is 4.23. The molecule has 2 fully saturated rings. The second-order valence-electron chi connectivity index (χ2n) is 7.94. The molecule has 0 heterocycles. The normalized spacial score (nSPS) is 29.7. The highest BCUT2D eigenvalue weighted by Gasteiger charge is 2.49. The van der Waals surface area contributed by atoms with Crippen LogP contribution in [0.3, 0.4) is 0 Å². The van der Waals surface area contributed by atoms with Crippen molar-refractivity contribution >= 4 is 5.91 Å². The Morgan fingerprint density at radius 3 is 2.46 bits per heavy atom. The Labute approximate surface area is 145 Å². The Morgan fingerprint density at radius 2 is 1.88 bits per heavy atom. The number of fused-ring (bicyclic) bond motifs is 2. The van der Waals surface area contributed by atoms with Crippen LogP contribution in [0, 0.1) is 23.7 Å². The Hall–Kier alpha value is -1.55. The SMILES string of the molecule is CC(C)COc1ccc(C(C)NC(=O)C2C3CCC(C3)C2N)cc1. The van der Waals surface area contributed by atoms with E-state index in [1.165, 1.54) is 6.42 Å². The first-order chi connectivity index (χ1) is 11.5. The molecule has 2 aliphatic rings. The van der Waals surface area contributed by atoms with Crippen molar-refractivity contribution < 1.29 is 9.53 Å². The van der Waals surface area contributed by atoms with Crippen molar-refractivity contribution in [3.63, 3.8) is 0 Å². The van der Waals surface area contributed by atoms with Gasteiger partial charge in [0.25, 0.3) is 0 Å². The number of hydrogen-bond donors (Lipinski definition) is 2. The highest BCUT2D eigenvalue weighted by atomic mass is 16.5. The lowest BCUT2D eigenvalue weighted by molar-refractivity contribution is -0.127. The summed E-state index contributed by atoms with van der Waals surface area (Å²) in [6.45, 7) is 7.01. The summed E-state index contributed by atoms with van der Waals surface area (Å²) in [5.74, 6) is 2.56. The van der Waals surface area contributed by atoms with Gasteiger partial charge in [-0.25, -0.2) is 0 Å². The molecule has 0 spiro atoms. The number of nitrogens with one attached hydrogen (secondary N) is 1. The minimum absolute atomic E-state index is 0.000140. The van der Waals surface area contributed by atoms with Crippen molar-refractivity contribution in [2.24, 2.45) is 29.4 Å². The van der Waals surface area contributed by atoms with Gasteiger partial charge in [-0.05, 0) is 61.6 Å². The molecule has 1 aromatic rings. The van der Waals surface area contributed by atoms with Gasteiger partial charge in [0.2, 0.25) is 5.91 Å². The minimum Gasteiger partial charge on any atom is -0.493 e. The van der Waals surface area contributed by atoms with Crippen molar-refractivity contribution in [3.05, 3.63) is 29.8 Å². The molecule has 24 heavy (non-hydrogen) atoms. The van der Waals surface area contributed by atoms with Crippen LogP contribution < -0.4 is 15.8 Å². The van der Waals surface area contributed by atoms with E-state index in [1.54, 1.807) is 0 Å². The fourth-order valence-corrected chi connectivity index (χ4v) is 4.23. The Bertz CT molecular complexity index is 568. The molecule has 0 aromatic heterocycles. The third-order valence-electron chi connectivity index (χ3n) is 5.61. The van der Waals surface area contributed by atoms with Gasteiger partial charge in [-0.1, -0.05) is 26.0 Å². The van der Waals surface area contributed by atoms with Gasteiger partial charge in [0.15, 0.2) is 0 Å². The van der Waals surface area contributed by atoms with Crippen LogP contribution >= 0.6 is 0 Å². The van der Waals surface area contributed by atoms with Gasteiger partial charge in [-0.3, -0.25) is 4.79 Å². The fraction of sp³-hybridized carbons (Fsp3) is 0.650. The largest absolute Gasteiger partial charge is 0.493 e. The van der Waals surface area contributed by atoms with E-state index in [4.69, 9.17) is 10.5 Å². The number of rotatable bonds is 6. The smallest absolute Gasteiger partial charge is 0.225 e. The highest BCUT2D eigenvalue weighted by Crippen LogP contribution is 2.47. The van der Waals surface area contributed by atoms with E-state index in [2.05, 4.69) is 19.2 Å². The first-order valence-electron chi connectivity index (χ1n) is 9.24. The zero-order valence-electron chi connectivity index (χ0n) is 15.0. The molecular weight excluding hydrogens is 300 g/mol. The summed E-state index contributed by atoms with van der Waals surface area (Å²) in [5.41, 5.74) is 7.37. The second kappa shape index (κ2) is 7.14. The predicted molar refractivity (Wildman–Crippen MR) is 95.6 cm³/mol. The molecule has 132 valence electrons. The van der Waals surface area contributed by atoms with Gasteiger partial charge in [-0.15, -0.1) is 0 Å².